The molecule has 1 aromatic carbocycles. The third kappa shape index (κ3) is 6.06. The van der Waals surface area contributed by atoms with Crippen molar-refractivity contribution < 1.29 is 4.74 Å². The molecular weight excluding hydrogens is 222 g/mol. The Bertz CT molecular complexity index is 312. The van der Waals surface area contributed by atoms with E-state index in [0.717, 1.165) is 31.9 Å². The molecule has 0 radical (unpaired) electrons. The van der Waals surface area contributed by atoms with Crippen LogP contribution in [0.25, 0.3) is 0 Å². The first kappa shape index (κ1) is 15.0. The van der Waals surface area contributed by atoms with Gasteiger partial charge in [0, 0.05) is 6.54 Å². The molecule has 0 atom stereocenters. The number of benzene rings is 1. The van der Waals surface area contributed by atoms with Crippen molar-refractivity contribution in [2.24, 2.45) is 0 Å². The van der Waals surface area contributed by atoms with Crippen molar-refractivity contribution in [2.75, 3.05) is 19.7 Å². The van der Waals surface area contributed by atoms with Gasteiger partial charge in [-0.05, 0) is 31.0 Å². The third-order valence-corrected chi connectivity index (χ3v) is 3.10. The van der Waals surface area contributed by atoms with Crippen molar-refractivity contribution in [3.63, 3.8) is 0 Å². The number of unbranched alkanes of at least 4 members (excludes halogenated alkanes) is 3. The van der Waals surface area contributed by atoms with Crippen LogP contribution in [0.2, 0.25) is 0 Å². The topological polar surface area (TPSA) is 21.3 Å². The Hall–Kier alpha value is -1.02. The van der Waals surface area contributed by atoms with Gasteiger partial charge in [-0.2, -0.15) is 0 Å². The molecule has 0 aliphatic heterocycles. The van der Waals surface area contributed by atoms with Gasteiger partial charge in [0.1, 0.15) is 12.4 Å². The molecule has 2 nitrogen and oxygen atoms in total. The molecule has 0 aliphatic rings. The molecule has 1 aromatic rings. The fraction of sp³-hybridized carbons (Fsp3) is 0.625. The predicted molar refractivity (Wildman–Crippen MR) is 78.3 cm³/mol. The summed E-state index contributed by atoms with van der Waals surface area (Å²) < 4.78 is 5.79. The minimum absolute atomic E-state index is 0.755. The molecule has 1 N–H and O–H groups in total. The molecule has 0 aromatic heterocycles. The molecule has 0 saturated carbocycles. The quantitative estimate of drug-likeness (QED) is 0.637. The number of rotatable bonds is 10. The minimum Gasteiger partial charge on any atom is -0.492 e. The van der Waals surface area contributed by atoms with Crippen LogP contribution in [0.4, 0.5) is 0 Å². The van der Waals surface area contributed by atoms with Crippen LogP contribution in [0.15, 0.2) is 24.3 Å². The highest BCUT2D eigenvalue weighted by molar-refractivity contribution is 5.33. The van der Waals surface area contributed by atoms with Crippen LogP contribution in [0.5, 0.6) is 5.75 Å². The van der Waals surface area contributed by atoms with Crippen LogP contribution in [-0.2, 0) is 6.42 Å². The van der Waals surface area contributed by atoms with E-state index in [2.05, 4.69) is 37.4 Å². The summed E-state index contributed by atoms with van der Waals surface area (Å²) in [6.45, 7) is 7.20. The van der Waals surface area contributed by atoms with E-state index >= 15 is 0 Å². The highest BCUT2D eigenvalue weighted by Crippen LogP contribution is 2.17. The normalized spacial score (nSPS) is 10.6. The van der Waals surface area contributed by atoms with Gasteiger partial charge in [-0.3, -0.25) is 0 Å². The average Bonchev–Trinajstić information content (AvgIpc) is 2.42. The van der Waals surface area contributed by atoms with Crippen LogP contribution in [0, 0.1) is 0 Å². The monoisotopic (exact) mass is 249 g/mol. The Morgan fingerprint density at radius 3 is 2.61 bits per heavy atom. The maximum Gasteiger partial charge on any atom is 0.122 e. The van der Waals surface area contributed by atoms with Gasteiger partial charge in [0.15, 0.2) is 0 Å². The standard InChI is InChI=1S/C16H27NO/c1-3-5-6-9-12-17-13-14-18-16-11-8-7-10-15(16)4-2/h7-8,10-11,17H,3-6,9,12-14H2,1-2H3. The SMILES string of the molecule is CCCCCCNCCOc1ccccc1CC. The summed E-state index contributed by atoms with van der Waals surface area (Å²) in [6, 6.07) is 8.29. The second-order valence-corrected chi connectivity index (χ2v) is 4.62. The van der Waals surface area contributed by atoms with Crippen molar-refractivity contribution in [3.8, 4) is 5.75 Å². The van der Waals surface area contributed by atoms with E-state index in [1.165, 1.54) is 31.2 Å². The lowest BCUT2D eigenvalue weighted by molar-refractivity contribution is 0.310. The zero-order chi connectivity index (χ0) is 13.1. The van der Waals surface area contributed by atoms with E-state index in [0.29, 0.717) is 0 Å². The van der Waals surface area contributed by atoms with Crippen LogP contribution in [0.3, 0.4) is 0 Å². The first-order valence-corrected chi connectivity index (χ1v) is 7.30. The van der Waals surface area contributed by atoms with Crippen LogP contribution in [-0.4, -0.2) is 19.7 Å². The summed E-state index contributed by atoms with van der Waals surface area (Å²) in [7, 11) is 0. The van der Waals surface area contributed by atoms with E-state index in [4.69, 9.17) is 4.74 Å². The lowest BCUT2D eigenvalue weighted by Crippen LogP contribution is -2.22. The van der Waals surface area contributed by atoms with Crippen LogP contribution < -0.4 is 10.1 Å². The zero-order valence-corrected chi connectivity index (χ0v) is 11.9. The second kappa shape index (κ2) is 9.95. The Morgan fingerprint density at radius 1 is 1.00 bits per heavy atom. The number of para-hydroxylation sites is 1. The van der Waals surface area contributed by atoms with Crippen molar-refractivity contribution in [1.29, 1.82) is 0 Å². The Kier molecular flexibility index (Phi) is 8.32. The second-order valence-electron chi connectivity index (χ2n) is 4.62. The minimum atomic E-state index is 0.755. The molecule has 2 heteroatoms. The molecule has 102 valence electrons. The summed E-state index contributed by atoms with van der Waals surface area (Å²) in [6.07, 6.45) is 6.29. The molecule has 0 heterocycles. The molecule has 0 aliphatic carbocycles. The van der Waals surface area contributed by atoms with Gasteiger partial charge < -0.3 is 10.1 Å². The summed E-state index contributed by atoms with van der Waals surface area (Å²) in [4.78, 5) is 0. The number of aryl methyl sites for hydroxylation is 1. The summed E-state index contributed by atoms with van der Waals surface area (Å²) in [5.41, 5.74) is 1.29. The maximum absolute atomic E-state index is 5.79. The van der Waals surface area contributed by atoms with Gasteiger partial charge in [-0.1, -0.05) is 51.3 Å². The van der Waals surface area contributed by atoms with E-state index < -0.39 is 0 Å². The van der Waals surface area contributed by atoms with E-state index in [-0.39, 0.29) is 0 Å². The zero-order valence-electron chi connectivity index (χ0n) is 11.9. The first-order chi connectivity index (χ1) is 8.88. The number of ether oxygens (including phenoxy) is 1. The molecule has 0 unspecified atom stereocenters. The molecule has 0 saturated heterocycles. The van der Waals surface area contributed by atoms with Crippen molar-refractivity contribution >= 4 is 0 Å². The molecule has 18 heavy (non-hydrogen) atoms. The van der Waals surface area contributed by atoms with Gasteiger partial charge in [0.25, 0.3) is 0 Å². The Balaban J connectivity index is 2.07. The Morgan fingerprint density at radius 2 is 1.83 bits per heavy atom. The molecule has 0 amide bonds. The summed E-state index contributed by atoms with van der Waals surface area (Å²) >= 11 is 0. The predicted octanol–water partition coefficient (Wildman–Crippen LogP) is 3.80. The Labute approximate surface area is 112 Å². The first-order valence-electron chi connectivity index (χ1n) is 7.30. The maximum atomic E-state index is 5.79. The van der Waals surface area contributed by atoms with Crippen LogP contribution >= 0.6 is 0 Å². The van der Waals surface area contributed by atoms with E-state index in [9.17, 15) is 0 Å². The highest BCUT2D eigenvalue weighted by Gasteiger charge is 1.99. The molecule has 0 bridgehead atoms. The summed E-state index contributed by atoms with van der Waals surface area (Å²) in [5.74, 6) is 1.03. The van der Waals surface area contributed by atoms with Gasteiger partial charge in [-0.15, -0.1) is 0 Å². The molecule has 0 spiro atoms. The average molecular weight is 249 g/mol. The molecular formula is C16H27NO. The lowest BCUT2D eigenvalue weighted by Gasteiger charge is -2.10. The smallest absolute Gasteiger partial charge is 0.122 e. The highest BCUT2D eigenvalue weighted by atomic mass is 16.5. The summed E-state index contributed by atoms with van der Waals surface area (Å²) in [5, 5.41) is 3.43. The number of nitrogens with one attached hydrogen (secondary N) is 1. The van der Waals surface area contributed by atoms with Crippen molar-refractivity contribution in [1.82, 2.24) is 5.32 Å². The fourth-order valence-electron chi connectivity index (χ4n) is 1.97. The van der Waals surface area contributed by atoms with Gasteiger partial charge in [-0.25, -0.2) is 0 Å². The lowest BCUT2D eigenvalue weighted by atomic mass is 10.1. The van der Waals surface area contributed by atoms with E-state index in [1.807, 2.05) is 6.07 Å². The molecule has 0 fully saturated rings. The van der Waals surface area contributed by atoms with Gasteiger partial charge in [0.2, 0.25) is 0 Å². The van der Waals surface area contributed by atoms with Gasteiger partial charge >= 0.3 is 0 Å². The third-order valence-electron chi connectivity index (χ3n) is 3.10. The van der Waals surface area contributed by atoms with Crippen LogP contribution in [0.1, 0.15) is 45.1 Å². The van der Waals surface area contributed by atoms with E-state index in [1.54, 1.807) is 0 Å². The van der Waals surface area contributed by atoms with Crippen molar-refractivity contribution in [3.05, 3.63) is 29.8 Å². The fourth-order valence-corrected chi connectivity index (χ4v) is 1.97. The largest absolute Gasteiger partial charge is 0.492 e. The van der Waals surface area contributed by atoms with Crippen molar-refractivity contribution in [2.45, 2.75) is 46.0 Å². The van der Waals surface area contributed by atoms with Gasteiger partial charge in [0.05, 0.1) is 0 Å². The number of hydrogen-bond acceptors (Lipinski definition) is 2. The number of hydrogen-bond donors (Lipinski definition) is 1. The molecule has 1 rings (SSSR count).